The van der Waals surface area contributed by atoms with Crippen molar-refractivity contribution in [1.82, 2.24) is 0 Å². The molecule has 0 aliphatic carbocycles. The van der Waals surface area contributed by atoms with Crippen LogP contribution in [0.5, 0.6) is 5.75 Å². The van der Waals surface area contributed by atoms with Crippen LogP contribution in [0.4, 0.5) is 11.4 Å². The molecule has 0 saturated heterocycles. The number of para-hydroxylation sites is 1. The van der Waals surface area contributed by atoms with E-state index in [1.54, 1.807) is 70.3 Å². The second-order valence-corrected chi connectivity index (χ2v) is 11.5. The Kier molecular flexibility index (Phi) is 11.7. The van der Waals surface area contributed by atoms with Crippen LogP contribution in [0, 0.1) is 0 Å². The minimum atomic E-state index is -3.48. The molecule has 0 fully saturated rings. The molecule has 10 heteroatoms. The summed E-state index contributed by atoms with van der Waals surface area (Å²) in [5.74, 6) is 0.915. The number of amidine groups is 1. The van der Waals surface area contributed by atoms with Crippen molar-refractivity contribution < 1.29 is 17.9 Å². The van der Waals surface area contributed by atoms with Crippen molar-refractivity contribution in [1.29, 1.82) is 0 Å². The third-order valence-corrected chi connectivity index (χ3v) is 8.05. The van der Waals surface area contributed by atoms with E-state index in [1.807, 2.05) is 6.92 Å². The highest BCUT2D eigenvalue weighted by atomic mass is 35.5. The zero-order valence-electron chi connectivity index (χ0n) is 22.4. The molecule has 38 heavy (non-hydrogen) atoms. The molecule has 0 radical (unpaired) electrons. The van der Waals surface area contributed by atoms with Gasteiger partial charge in [0.2, 0.25) is 5.91 Å². The highest BCUT2D eigenvalue weighted by Gasteiger charge is 2.22. The Hall–Kier alpha value is -3.43. The first-order valence-corrected chi connectivity index (χ1v) is 14.1. The Morgan fingerprint density at radius 1 is 1.18 bits per heavy atom. The molecule has 0 aliphatic heterocycles. The highest BCUT2D eigenvalue weighted by molar-refractivity contribution is 7.92. The van der Waals surface area contributed by atoms with E-state index in [2.05, 4.69) is 27.2 Å². The van der Waals surface area contributed by atoms with Crippen LogP contribution in [0.3, 0.4) is 0 Å². The average molecular weight is 559 g/mol. The van der Waals surface area contributed by atoms with Crippen LogP contribution < -0.4 is 15.4 Å². The standard InChI is InChI=1S/C28H35ClN4O4S/c1-7-11-27(30-17-21-16-22(33-28(34)8-2)14-15-25(21)37-6)31-18-23(29)20(5)32-24-12-9-10-13-26(24)38(35,36)19(3)4/h8-10,12-16,18-19,32H,2,7,11,17H2,1,3-6H3,(H,33,34). The van der Waals surface area contributed by atoms with E-state index >= 15 is 0 Å². The molecular formula is C28H35ClN4O4S. The number of nitrogens with zero attached hydrogens (tertiary/aromatic N) is 2. The zero-order chi connectivity index (χ0) is 28.3. The fourth-order valence-electron chi connectivity index (χ4n) is 3.32. The van der Waals surface area contributed by atoms with Gasteiger partial charge in [0.25, 0.3) is 0 Å². The number of benzene rings is 2. The number of ether oxygens (including phenoxy) is 1. The van der Waals surface area contributed by atoms with Crippen LogP contribution in [-0.2, 0) is 21.2 Å². The van der Waals surface area contributed by atoms with Gasteiger partial charge >= 0.3 is 0 Å². The molecule has 0 atom stereocenters. The van der Waals surface area contributed by atoms with Crippen LogP contribution in [0.25, 0.3) is 0 Å². The van der Waals surface area contributed by atoms with E-state index in [9.17, 15) is 13.2 Å². The topological polar surface area (TPSA) is 109 Å². The lowest BCUT2D eigenvalue weighted by Crippen LogP contribution is -2.16. The summed E-state index contributed by atoms with van der Waals surface area (Å²) in [7, 11) is -1.91. The minimum Gasteiger partial charge on any atom is -0.496 e. The second-order valence-electron chi connectivity index (χ2n) is 8.65. The molecule has 204 valence electrons. The molecule has 8 nitrogen and oxygen atoms in total. The van der Waals surface area contributed by atoms with Gasteiger partial charge < -0.3 is 15.4 Å². The molecule has 2 rings (SSSR count). The summed E-state index contributed by atoms with van der Waals surface area (Å²) in [5.41, 5.74) is 2.38. The van der Waals surface area contributed by atoms with Crippen molar-refractivity contribution in [2.75, 3.05) is 17.7 Å². The van der Waals surface area contributed by atoms with Gasteiger partial charge in [0, 0.05) is 29.6 Å². The molecule has 0 saturated carbocycles. The highest BCUT2D eigenvalue weighted by Crippen LogP contribution is 2.27. The number of aliphatic imine (C=N–C) groups is 2. The van der Waals surface area contributed by atoms with Gasteiger partial charge in [-0.25, -0.2) is 13.4 Å². The number of carbonyl (C=O) groups is 1. The summed E-state index contributed by atoms with van der Waals surface area (Å²) in [6, 6.07) is 12.0. The van der Waals surface area contributed by atoms with E-state index in [-0.39, 0.29) is 17.3 Å². The number of nitrogens with one attached hydrogen (secondary N) is 2. The van der Waals surface area contributed by atoms with Crippen LogP contribution in [0.2, 0.25) is 0 Å². The predicted octanol–water partition coefficient (Wildman–Crippen LogP) is 6.35. The van der Waals surface area contributed by atoms with Gasteiger partial charge in [-0.15, -0.1) is 0 Å². The first-order chi connectivity index (χ1) is 18.0. The summed E-state index contributed by atoms with van der Waals surface area (Å²) >= 11 is 6.50. The third kappa shape index (κ3) is 8.56. The van der Waals surface area contributed by atoms with Crippen molar-refractivity contribution in [2.45, 2.75) is 57.2 Å². The number of methoxy groups -OCH3 is 1. The van der Waals surface area contributed by atoms with Crippen LogP contribution in [0.1, 0.15) is 46.1 Å². The number of allylic oxidation sites excluding steroid dienone is 2. The molecule has 0 spiro atoms. The molecule has 1 amide bonds. The van der Waals surface area contributed by atoms with Gasteiger partial charge in [-0.05, 0) is 63.6 Å². The lowest BCUT2D eigenvalue weighted by molar-refractivity contribution is -0.111. The molecule has 0 aromatic heterocycles. The van der Waals surface area contributed by atoms with Crippen molar-refractivity contribution >= 4 is 50.8 Å². The number of rotatable bonds is 12. The van der Waals surface area contributed by atoms with Gasteiger partial charge in [0.15, 0.2) is 9.84 Å². The zero-order valence-corrected chi connectivity index (χ0v) is 24.0. The van der Waals surface area contributed by atoms with Crippen LogP contribution >= 0.6 is 11.6 Å². The smallest absolute Gasteiger partial charge is 0.247 e. The Balaban J connectivity index is 2.28. The van der Waals surface area contributed by atoms with E-state index in [0.29, 0.717) is 40.1 Å². The summed E-state index contributed by atoms with van der Waals surface area (Å²) in [6.07, 6.45) is 4.14. The fraction of sp³-hybridized carbons (Fsp3) is 0.321. The molecule has 2 aromatic rings. The van der Waals surface area contributed by atoms with Gasteiger partial charge in [0.05, 0.1) is 34.5 Å². The first kappa shape index (κ1) is 30.8. The van der Waals surface area contributed by atoms with E-state index < -0.39 is 15.1 Å². The number of carbonyl (C=O) groups excluding carboxylic acids is 1. The molecule has 0 bridgehead atoms. The minimum absolute atomic E-state index is 0.212. The summed E-state index contributed by atoms with van der Waals surface area (Å²) in [4.78, 5) is 21.0. The number of amides is 1. The maximum Gasteiger partial charge on any atom is 0.247 e. The van der Waals surface area contributed by atoms with Gasteiger partial charge in [-0.1, -0.05) is 37.2 Å². The monoisotopic (exact) mass is 558 g/mol. The number of sulfone groups is 1. The van der Waals surface area contributed by atoms with Crippen LogP contribution in [0.15, 0.2) is 80.7 Å². The summed E-state index contributed by atoms with van der Waals surface area (Å²) < 4.78 is 30.9. The Morgan fingerprint density at radius 2 is 1.89 bits per heavy atom. The molecule has 2 N–H and O–H groups in total. The van der Waals surface area contributed by atoms with Crippen molar-refractivity contribution in [3.63, 3.8) is 0 Å². The largest absolute Gasteiger partial charge is 0.496 e. The summed E-state index contributed by atoms with van der Waals surface area (Å²) in [6.45, 7) is 10.8. The Labute approximate surface area is 230 Å². The molecule has 2 aromatic carbocycles. The average Bonchev–Trinajstić information content (AvgIpc) is 2.90. The predicted molar refractivity (Wildman–Crippen MR) is 157 cm³/mol. The normalized spacial score (nSPS) is 12.9. The second kappa shape index (κ2) is 14.5. The molecule has 0 heterocycles. The molecule has 0 aliphatic rings. The maximum absolute atomic E-state index is 12.7. The van der Waals surface area contributed by atoms with E-state index in [1.165, 1.54) is 12.3 Å². The SMILES string of the molecule is C=CC(=O)Nc1ccc(OC)c(CN=C(CCC)N=CC(Cl)=C(C)Nc2ccccc2S(=O)(=O)C(C)C)c1. The van der Waals surface area contributed by atoms with Crippen molar-refractivity contribution in [3.05, 3.63) is 71.4 Å². The van der Waals surface area contributed by atoms with Crippen molar-refractivity contribution in [2.24, 2.45) is 9.98 Å². The van der Waals surface area contributed by atoms with E-state index in [0.717, 1.165) is 12.0 Å². The number of anilines is 2. The lowest BCUT2D eigenvalue weighted by Gasteiger charge is -2.15. The number of hydrogen-bond acceptors (Lipinski definition) is 6. The van der Waals surface area contributed by atoms with Gasteiger partial charge in [-0.3, -0.25) is 9.79 Å². The number of halogens is 1. The van der Waals surface area contributed by atoms with Crippen molar-refractivity contribution in [3.8, 4) is 5.75 Å². The quantitative estimate of drug-likeness (QED) is 0.179. The fourth-order valence-corrected chi connectivity index (χ4v) is 4.62. The maximum atomic E-state index is 12.7. The van der Waals surface area contributed by atoms with Gasteiger partial charge in [-0.2, -0.15) is 0 Å². The van der Waals surface area contributed by atoms with Crippen LogP contribution in [-0.4, -0.2) is 38.7 Å². The third-order valence-electron chi connectivity index (χ3n) is 5.46. The summed E-state index contributed by atoms with van der Waals surface area (Å²) in [5, 5.41) is 5.59. The first-order valence-electron chi connectivity index (χ1n) is 12.2. The Bertz CT molecular complexity index is 1350. The molecular weight excluding hydrogens is 524 g/mol. The van der Waals surface area contributed by atoms with E-state index in [4.69, 9.17) is 16.3 Å². The Morgan fingerprint density at radius 3 is 2.53 bits per heavy atom. The molecule has 0 unspecified atom stereocenters. The number of hydrogen-bond donors (Lipinski definition) is 2. The van der Waals surface area contributed by atoms with Gasteiger partial charge in [0.1, 0.15) is 11.6 Å². The lowest BCUT2D eigenvalue weighted by atomic mass is 10.1.